The number of halogens is 1. The Morgan fingerprint density at radius 1 is 1.50 bits per heavy atom. The summed E-state index contributed by atoms with van der Waals surface area (Å²) in [6.45, 7) is 0. The lowest BCUT2D eigenvalue weighted by Crippen LogP contribution is -2.04. The summed E-state index contributed by atoms with van der Waals surface area (Å²) in [7, 11) is 1.36. The zero-order valence-corrected chi connectivity index (χ0v) is 11.9. The predicted molar refractivity (Wildman–Crippen MR) is 70.3 cm³/mol. The molecular formula is C10H11BrO3S2. The van der Waals surface area contributed by atoms with Crippen LogP contribution in [0.5, 0.6) is 0 Å². The summed E-state index contributed by atoms with van der Waals surface area (Å²) in [4.78, 5) is 23.2. The van der Waals surface area contributed by atoms with Gasteiger partial charge < -0.3 is 4.74 Å². The van der Waals surface area contributed by atoms with Crippen molar-refractivity contribution in [2.45, 2.75) is 6.42 Å². The molecule has 16 heavy (non-hydrogen) atoms. The second kappa shape index (κ2) is 7.09. The number of thiophene rings is 1. The maximum absolute atomic E-state index is 11.6. The Labute approximate surface area is 111 Å². The fourth-order valence-electron chi connectivity index (χ4n) is 0.958. The maximum atomic E-state index is 11.6. The van der Waals surface area contributed by atoms with Crippen molar-refractivity contribution in [2.75, 3.05) is 18.6 Å². The van der Waals surface area contributed by atoms with Gasteiger partial charge in [-0.15, -0.1) is 11.3 Å². The zero-order valence-electron chi connectivity index (χ0n) is 8.70. The molecule has 0 aliphatic carbocycles. The van der Waals surface area contributed by atoms with Gasteiger partial charge in [0.1, 0.15) is 0 Å². The van der Waals surface area contributed by atoms with Gasteiger partial charge >= 0.3 is 5.97 Å². The molecule has 0 N–H and O–H groups in total. The number of methoxy groups -OCH3 is 1. The molecule has 1 heterocycles. The van der Waals surface area contributed by atoms with Gasteiger partial charge in [0.25, 0.3) is 0 Å². The minimum absolute atomic E-state index is 0.102. The van der Waals surface area contributed by atoms with Crippen LogP contribution in [0.1, 0.15) is 16.1 Å². The molecule has 0 aliphatic rings. The van der Waals surface area contributed by atoms with E-state index in [0.717, 1.165) is 8.66 Å². The highest BCUT2D eigenvalue weighted by Crippen LogP contribution is 2.23. The minimum Gasteiger partial charge on any atom is -0.469 e. The quantitative estimate of drug-likeness (QED) is 0.459. The molecule has 0 bridgehead atoms. The first-order chi connectivity index (χ1) is 7.63. The van der Waals surface area contributed by atoms with Crippen LogP contribution >= 0.6 is 39.0 Å². The second-order valence-corrected chi connectivity index (χ2v) is 6.47. The van der Waals surface area contributed by atoms with Crippen LogP contribution in [-0.4, -0.2) is 30.4 Å². The molecule has 0 unspecified atom stereocenters. The van der Waals surface area contributed by atoms with E-state index in [1.54, 1.807) is 6.07 Å². The van der Waals surface area contributed by atoms with E-state index in [-0.39, 0.29) is 11.8 Å². The molecule has 0 atom stereocenters. The first kappa shape index (κ1) is 13.7. The van der Waals surface area contributed by atoms with Crippen molar-refractivity contribution in [1.29, 1.82) is 0 Å². The number of esters is 1. The summed E-state index contributed by atoms with van der Waals surface area (Å²) in [5, 5.41) is 0. The number of hydrogen-bond acceptors (Lipinski definition) is 5. The van der Waals surface area contributed by atoms with Crippen LogP contribution in [0.2, 0.25) is 0 Å². The number of ether oxygens (including phenoxy) is 1. The van der Waals surface area contributed by atoms with Crippen LogP contribution in [0.4, 0.5) is 0 Å². The third-order valence-electron chi connectivity index (χ3n) is 1.76. The topological polar surface area (TPSA) is 43.4 Å². The fraction of sp³-hybridized carbons (Fsp3) is 0.400. The Bertz CT molecular complexity index is 376. The molecule has 0 radical (unpaired) electrons. The summed E-state index contributed by atoms with van der Waals surface area (Å²) in [5.74, 6) is 0.888. The van der Waals surface area contributed by atoms with Gasteiger partial charge in [-0.1, -0.05) is 0 Å². The average molecular weight is 323 g/mol. The van der Waals surface area contributed by atoms with Crippen molar-refractivity contribution in [2.24, 2.45) is 0 Å². The van der Waals surface area contributed by atoms with Crippen LogP contribution in [0.3, 0.4) is 0 Å². The van der Waals surface area contributed by atoms with E-state index in [9.17, 15) is 9.59 Å². The normalized spacial score (nSPS) is 10.1. The van der Waals surface area contributed by atoms with Gasteiger partial charge in [-0.25, -0.2) is 0 Å². The summed E-state index contributed by atoms with van der Waals surface area (Å²) < 4.78 is 5.46. The lowest BCUT2D eigenvalue weighted by Gasteiger charge is -1.99. The Hall–Kier alpha value is -0.330. The molecule has 0 saturated carbocycles. The summed E-state index contributed by atoms with van der Waals surface area (Å²) in [6.07, 6.45) is 0.350. The minimum atomic E-state index is -0.237. The number of ketones is 1. The lowest BCUT2D eigenvalue weighted by molar-refractivity contribution is -0.140. The highest BCUT2D eigenvalue weighted by Gasteiger charge is 2.09. The molecule has 0 spiro atoms. The van der Waals surface area contributed by atoms with Crippen molar-refractivity contribution in [3.05, 3.63) is 20.8 Å². The Balaban J connectivity index is 2.23. The highest BCUT2D eigenvalue weighted by atomic mass is 79.9. The zero-order chi connectivity index (χ0) is 12.0. The third-order valence-corrected chi connectivity index (χ3v) is 4.38. The fourth-order valence-corrected chi connectivity index (χ4v) is 3.17. The number of carbonyl (C=O) groups is 2. The van der Waals surface area contributed by atoms with E-state index in [2.05, 4.69) is 20.7 Å². The van der Waals surface area contributed by atoms with Gasteiger partial charge in [-0.05, 0) is 28.1 Å². The number of Topliss-reactive ketones (excluding diaryl/α,β-unsaturated/α-hetero) is 1. The van der Waals surface area contributed by atoms with Gasteiger partial charge in [0.05, 0.1) is 27.9 Å². The van der Waals surface area contributed by atoms with E-state index < -0.39 is 0 Å². The van der Waals surface area contributed by atoms with Gasteiger partial charge in [0.2, 0.25) is 0 Å². The molecule has 0 aromatic carbocycles. The van der Waals surface area contributed by atoms with E-state index >= 15 is 0 Å². The first-order valence-electron chi connectivity index (χ1n) is 4.56. The molecule has 1 aromatic rings. The molecule has 3 nitrogen and oxygen atoms in total. The molecule has 1 rings (SSSR count). The van der Waals surface area contributed by atoms with E-state index in [1.165, 1.54) is 30.2 Å². The number of carbonyl (C=O) groups excluding carboxylic acids is 2. The van der Waals surface area contributed by atoms with Crippen LogP contribution in [0.25, 0.3) is 0 Å². The van der Waals surface area contributed by atoms with Gasteiger partial charge in [-0.2, -0.15) is 11.8 Å². The first-order valence-corrected chi connectivity index (χ1v) is 7.33. The van der Waals surface area contributed by atoms with Crippen molar-refractivity contribution in [1.82, 2.24) is 0 Å². The molecule has 0 aliphatic heterocycles. The summed E-state index contributed by atoms with van der Waals surface area (Å²) >= 11 is 6.19. The third kappa shape index (κ3) is 4.67. The standard InChI is InChI=1S/C10H11BrO3S2/c1-14-10(13)4-5-15-6-7(12)8-2-3-9(11)16-8/h2-3H,4-6H2,1H3. The van der Waals surface area contributed by atoms with E-state index in [1.807, 2.05) is 6.07 Å². The highest BCUT2D eigenvalue weighted by molar-refractivity contribution is 9.11. The van der Waals surface area contributed by atoms with Gasteiger partial charge in [0.15, 0.2) is 5.78 Å². The molecule has 0 saturated heterocycles. The van der Waals surface area contributed by atoms with Crippen LogP contribution in [0.15, 0.2) is 15.9 Å². The molecular weight excluding hydrogens is 312 g/mol. The largest absolute Gasteiger partial charge is 0.469 e. The van der Waals surface area contributed by atoms with Crippen molar-refractivity contribution < 1.29 is 14.3 Å². The van der Waals surface area contributed by atoms with Crippen molar-refractivity contribution >= 4 is 50.8 Å². The van der Waals surface area contributed by atoms with Gasteiger partial charge in [-0.3, -0.25) is 9.59 Å². The van der Waals surface area contributed by atoms with E-state index in [4.69, 9.17) is 0 Å². The molecule has 0 fully saturated rings. The van der Waals surface area contributed by atoms with Crippen LogP contribution in [-0.2, 0) is 9.53 Å². The maximum Gasteiger partial charge on any atom is 0.306 e. The smallest absolute Gasteiger partial charge is 0.306 e. The Kier molecular flexibility index (Phi) is 6.08. The van der Waals surface area contributed by atoms with Crippen LogP contribution < -0.4 is 0 Å². The van der Waals surface area contributed by atoms with Crippen molar-refractivity contribution in [3.8, 4) is 0 Å². The summed E-state index contributed by atoms with van der Waals surface area (Å²) in [6, 6.07) is 3.66. The lowest BCUT2D eigenvalue weighted by atomic mass is 10.4. The average Bonchev–Trinajstić information content (AvgIpc) is 2.70. The SMILES string of the molecule is COC(=O)CCSCC(=O)c1ccc(Br)s1. The van der Waals surface area contributed by atoms with Crippen molar-refractivity contribution in [3.63, 3.8) is 0 Å². The number of thioether (sulfide) groups is 1. The molecule has 6 heteroatoms. The van der Waals surface area contributed by atoms with E-state index in [0.29, 0.717) is 17.9 Å². The second-order valence-electron chi connectivity index (χ2n) is 2.91. The Morgan fingerprint density at radius 3 is 2.81 bits per heavy atom. The monoisotopic (exact) mass is 322 g/mol. The Morgan fingerprint density at radius 2 is 2.25 bits per heavy atom. The van der Waals surface area contributed by atoms with Gasteiger partial charge in [0, 0.05) is 5.75 Å². The molecule has 1 aromatic heterocycles. The molecule has 88 valence electrons. The number of rotatable bonds is 6. The predicted octanol–water partition coefficient (Wildman–Crippen LogP) is 2.99. The summed E-state index contributed by atoms with van der Waals surface area (Å²) in [5.41, 5.74) is 0. The van der Waals surface area contributed by atoms with Crippen LogP contribution in [0, 0.1) is 0 Å². The number of hydrogen-bond donors (Lipinski definition) is 0. The molecule has 0 amide bonds.